The van der Waals surface area contributed by atoms with Crippen LogP contribution in [0.25, 0.3) is 0 Å². The van der Waals surface area contributed by atoms with E-state index >= 15 is 0 Å². The lowest BCUT2D eigenvalue weighted by molar-refractivity contribution is -0.120. The highest BCUT2D eigenvalue weighted by Crippen LogP contribution is 2.29. The molecule has 0 radical (unpaired) electrons. The number of hydrogen-bond donors (Lipinski definition) is 3. The van der Waals surface area contributed by atoms with Crippen molar-refractivity contribution in [2.45, 2.75) is 84.7 Å². The number of aliphatic hydroxyl groups excluding tert-OH is 1. The lowest BCUT2D eigenvalue weighted by Crippen LogP contribution is -2.37. The molecule has 4 N–H and O–H groups in total. The van der Waals surface area contributed by atoms with Gasteiger partial charge in [0.2, 0.25) is 5.78 Å². The third-order valence-corrected chi connectivity index (χ3v) is 7.39. The van der Waals surface area contributed by atoms with E-state index in [1.54, 1.807) is 32.9 Å². The molecular formula is C29H42N2O8. The summed E-state index contributed by atoms with van der Waals surface area (Å²) in [5.74, 6) is -1.76. The standard InChI is InChI=1S/C29H42N2O8/c1-15-11-20-19(5)22(32)14-21(26(20)34)31-28(35)16(2)9-8-10-23(37-6)27(39-29(30)36)18(4)13-17(3)25(33)24(12-15)38-7/h9,13-15,17,23-25,27,33H,8,10-12H2,1-7H3,(H2,30,36)(H,31,35)/b16-9+,18-13+. The first kappa shape index (κ1) is 32.1. The van der Waals surface area contributed by atoms with Crippen molar-refractivity contribution in [2.75, 3.05) is 14.2 Å². The maximum Gasteiger partial charge on any atom is 0.405 e. The molecule has 1 aliphatic carbocycles. The van der Waals surface area contributed by atoms with Crippen LogP contribution in [0.15, 0.2) is 46.2 Å². The van der Waals surface area contributed by atoms with Crippen molar-refractivity contribution in [3.63, 3.8) is 0 Å². The Balaban J connectivity index is 2.51. The number of fused-ring (bicyclic) bond motifs is 2. The summed E-state index contributed by atoms with van der Waals surface area (Å²) in [6.45, 7) is 8.72. The number of nitrogens with two attached hydrogens (primary N) is 1. The van der Waals surface area contributed by atoms with Crippen molar-refractivity contribution in [2.24, 2.45) is 17.6 Å². The average molecular weight is 547 g/mol. The monoisotopic (exact) mass is 546 g/mol. The summed E-state index contributed by atoms with van der Waals surface area (Å²) in [6, 6.07) is 0. The smallest absolute Gasteiger partial charge is 0.405 e. The Morgan fingerprint density at radius 3 is 2.31 bits per heavy atom. The lowest BCUT2D eigenvalue weighted by Gasteiger charge is -2.30. The molecule has 0 aromatic rings. The molecule has 2 bridgehead atoms. The number of primary amides is 1. The molecular weight excluding hydrogens is 504 g/mol. The zero-order valence-electron chi connectivity index (χ0n) is 23.9. The van der Waals surface area contributed by atoms with E-state index in [1.807, 2.05) is 13.8 Å². The fraction of sp³-hybridized carbons (Fsp3) is 0.586. The molecule has 2 amide bonds. The normalized spacial score (nSPS) is 32.9. The first-order valence-electron chi connectivity index (χ1n) is 13.2. The van der Waals surface area contributed by atoms with Crippen molar-refractivity contribution in [1.29, 1.82) is 0 Å². The molecule has 2 aliphatic rings. The van der Waals surface area contributed by atoms with Crippen LogP contribution in [-0.2, 0) is 28.6 Å². The van der Waals surface area contributed by atoms with Crippen LogP contribution in [0.1, 0.15) is 60.3 Å². The van der Waals surface area contributed by atoms with Gasteiger partial charge in [0.15, 0.2) is 11.9 Å². The molecule has 1 heterocycles. The van der Waals surface area contributed by atoms with Gasteiger partial charge in [-0.05, 0) is 57.9 Å². The second-order valence-electron chi connectivity index (χ2n) is 10.5. The topological polar surface area (TPSA) is 154 Å². The van der Waals surface area contributed by atoms with Gasteiger partial charge in [0.25, 0.3) is 5.91 Å². The van der Waals surface area contributed by atoms with Crippen molar-refractivity contribution in [3.05, 3.63) is 46.2 Å². The quantitative estimate of drug-likeness (QED) is 0.360. The van der Waals surface area contributed by atoms with Crippen LogP contribution in [0.5, 0.6) is 0 Å². The van der Waals surface area contributed by atoms with E-state index in [0.717, 1.165) is 6.08 Å². The van der Waals surface area contributed by atoms with Gasteiger partial charge < -0.3 is 30.4 Å². The molecule has 0 saturated heterocycles. The van der Waals surface area contributed by atoms with Crippen LogP contribution >= 0.6 is 0 Å². The molecule has 39 heavy (non-hydrogen) atoms. The van der Waals surface area contributed by atoms with E-state index in [2.05, 4.69) is 5.32 Å². The first-order chi connectivity index (χ1) is 18.3. The van der Waals surface area contributed by atoms with E-state index in [9.17, 15) is 24.3 Å². The minimum absolute atomic E-state index is 0.0649. The van der Waals surface area contributed by atoms with Crippen molar-refractivity contribution in [3.8, 4) is 0 Å². The second-order valence-corrected chi connectivity index (χ2v) is 10.5. The minimum atomic E-state index is -0.959. The summed E-state index contributed by atoms with van der Waals surface area (Å²) in [5.41, 5.74) is 6.96. The number of carbonyl (C=O) groups is 4. The SMILES string of the molecule is COC1CC/C=C(\C)C(=O)NC2=CC(=O)C(C)=C(CC(C)CC(OC)C(O)C(C)/C=C(\C)C1OC(N)=O)C2=O. The van der Waals surface area contributed by atoms with Crippen molar-refractivity contribution in [1.82, 2.24) is 5.32 Å². The summed E-state index contributed by atoms with van der Waals surface area (Å²) in [7, 11) is 2.99. The van der Waals surface area contributed by atoms with Crippen LogP contribution in [0.2, 0.25) is 0 Å². The van der Waals surface area contributed by atoms with Crippen LogP contribution in [0.4, 0.5) is 4.79 Å². The third-order valence-electron chi connectivity index (χ3n) is 7.39. The summed E-state index contributed by atoms with van der Waals surface area (Å²) < 4.78 is 16.6. The van der Waals surface area contributed by atoms with Gasteiger partial charge in [0.1, 0.15) is 0 Å². The van der Waals surface area contributed by atoms with Gasteiger partial charge >= 0.3 is 6.09 Å². The Hall–Kier alpha value is -3.08. The summed E-state index contributed by atoms with van der Waals surface area (Å²) in [4.78, 5) is 50.5. The summed E-state index contributed by atoms with van der Waals surface area (Å²) in [5, 5.41) is 13.7. The molecule has 0 aromatic heterocycles. The predicted molar refractivity (Wildman–Crippen MR) is 145 cm³/mol. The predicted octanol–water partition coefficient (Wildman–Crippen LogP) is 3.05. The number of methoxy groups -OCH3 is 2. The van der Waals surface area contributed by atoms with Crippen LogP contribution < -0.4 is 11.1 Å². The third kappa shape index (κ3) is 8.45. The first-order valence-corrected chi connectivity index (χ1v) is 13.2. The molecule has 10 nitrogen and oxygen atoms in total. The van der Waals surface area contributed by atoms with Gasteiger partial charge in [-0.1, -0.05) is 26.0 Å². The number of aliphatic hydroxyl groups is 1. The Morgan fingerprint density at radius 1 is 1.08 bits per heavy atom. The van der Waals surface area contributed by atoms with E-state index in [1.165, 1.54) is 14.2 Å². The van der Waals surface area contributed by atoms with Gasteiger partial charge in [-0.2, -0.15) is 0 Å². The average Bonchev–Trinajstić information content (AvgIpc) is 2.88. The highest BCUT2D eigenvalue weighted by Gasteiger charge is 2.32. The van der Waals surface area contributed by atoms with E-state index in [0.29, 0.717) is 41.6 Å². The highest BCUT2D eigenvalue weighted by molar-refractivity contribution is 6.23. The Kier molecular flexibility index (Phi) is 11.8. The molecule has 0 aromatic carbocycles. The molecule has 6 atom stereocenters. The van der Waals surface area contributed by atoms with Gasteiger partial charge in [-0.15, -0.1) is 0 Å². The zero-order chi connectivity index (χ0) is 29.4. The minimum Gasteiger partial charge on any atom is -0.439 e. The summed E-state index contributed by atoms with van der Waals surface area (Å²) in [6.07, 6.45) is 2.26. The number of allylic oxidation sites excluding steroid dienone is 4. The fourth-order valence-corrected chi connectivity index (χ4v) is 5.03. The number of ketones is 2. The Bertz CT molecular complexity index is 1090. The largest absolute Gasteiger partial charge is 0.439 e. The maximum absolute atomic E-state index is 13.3. The fourth-order valence-electron chi connectivity index (χ4n) is 5.03. The molecule has 216 valence electrons. The van der Waals surface area contributed by atoms with Gasteiger partial charge in [-0.25, -0.2) is 4.79 Å². The van der Waals surface area contributed by atoms with Gasteiger partial charge in [-0.3, -0.25) is 14.4 Å². The number of carbonyl (C=O) groups excluding carboxylic acids is 4. The molecule has 0 saturated carbocycles. The number of hydrogen-bond acceptors (Lipinski definition) is 8. The maximum atomic E-state index is 13.3. The Labute approximate surface area is 230 Å². The molecule has 0 fully saturated rings. The number of rotatable bonds is 3. The number of ether oxygens (including phenoxy) is 3. The van der Waals surface area contributed by atoms with Gasteiger partial charge in [0, 0.05) is 42.9 Å². The summed E-state index contributed by atoms with van der Waals surface area (Å²) >= 11 is 0. The molecule has 0 spiro atoms. The van der Waals surface area contributed by atoms with Crippen LogP contribution in [0, 0.1) is 11.8 Å². The van der Waals surface area contributed by atoms with E-state index < -0.39 is 48.1 Å². The highest BCUT2D eigenvalue weighted by atomic mass is 16.6. The molecule has 10 heteroatoms. The van der Waals surface area contributed by atoms with E-state index in [-0.39, 0.29) is 23.8 Å². The molecule has 1 aliphatic heterocycles. The zero-order valence-corrected chi connectivity index (χ0v) is 23.9. The number of Topliss-reactive ketones (excluding diaryl/α,β-unsaturated/α-hetero) is 1. The van der Waals surface area contributed by atoms with Crippen LogP contribution in [0.3, 0.4) is 0 Å². The van der Waals surface area contributed by atoms with Crippen molar-refractivity contribution < 1.29 is 38.5 Å². The number of nitrogens with one attached hydrogen (secondary N) is 1. The van der Waals surface area contributed by atoms with E-state index in [4.69, 9.17) is 19.9 Å². The Morgan fingerprint density at radius 2 is 1.72 bits per heavy atom. The van der Waals surface area contributed by atoms with Gasteiger partial charge in [0.05, 0.1) is 24.0 Å². The molecule has 2 rings (SSSR count). The van der Waals surface area contributed by atoms with Crippen LogP contribution in [-0.4, -0.2) is 67.3 Å². The lowest BCUT2D eigenvalue weighted by atomic mass is 9.84. The second kappa shape index (κ2) is 14.3. The number of amides is 2. The van der Waals surface area contributed by atoms with Crippen molar-refractivity contribution >= 4 is 23.6 Å². The molecule has 6 unspecified atom stereocenters.